The highest BCUT2D eigenvalue weighted by Crippen LogP contribution is 2.33. The predicted molar refractivity (Wildman–Crippen MR) is 127 cm³/mol. The van der Waals surface area contributed by atoms with Gasteiger partial charge in [0.15, 0.2) is 0 Å². The lowest BCUT2D eigenvalue weighted by Crippen LogP contribution is -2.46. The Morgan fingerprint density at radius 2 is 1.71 bits per heavy atom. The fourth-order valence-corrected chi connectivity index (χ4v) is 5.12. The number of carbonyl (C=O) groups excluding carboxylic acids is 2. The standard InChI is InChI=1S/C24H25N3O2S2/c28-23(26-20-9-4-5-10-21(20)31-19-7-2-1-3-8-19)17-27-14-12-18(13-15-27)25-24(29)22-11-6-16-30-22/h1-11,16,18H,12-15,17H2,(H,25,29)(H,26,28). The van der Waals surface area contributed by atoms with Crippen molar-refractivity contribution in [2.24, 2.45) is 0 Å². The Balaban J connectivity index is 1.26. The minimum absolute atomic E-state index is 0.00119. The number of piperidine rings is 1. The highest BCUT2D eigenvalue weighted by atomic mass is 32.2. The minimum Gasteiger partial charge on any atom is -0.349 e. The third kappa shape index (κ3) is 6.19. The monoisotopic (exact) mass is 451 g/mol. The molecule has 0 atom stereocenters. The average molecular weight is 452 g/mol. The number of para-hydroxylation sites is 1. The average Bonchev–Trinajstić information content (AvgIpc) is 3.32. The van der Waals surface area contributed by atoms with Crippen molar-refractivity contribution in [1.29, 1.82) is 0 Å². The van der Waals surface area contributed by atoms with Crippen molar-refractivity contribution >= 4 is 40.6 Å². The Morgan fingerprint density at radius 3 is 2.45 bits per heavy atom. The summed E-state index contributed by atoms with van der Waals surface area (Å²) in [6.07, 6.45) is 1.70. The molecule has 2 aromatic carbocycles. The molecular weight excluding hydrogens is 426 g/mol. The third-order valence-corrected chi connectivity index (χ3v) is 7.12. The van der Waals surface area contributed by atoms with E-state index in [4.69, 9.17) is 0 Å². The Hall–Kier alpha value is -2.61. The summed E-state index contributed by atoms with van der Waals surface area (Å²) >= 11 is 3.09. The van der Waals surface area contributed by atoms with E-state index in [0.717, 1.165) is 46.3 Å². The van der Waals surface area contributed by atoms with Crippen molar-refractivity contribution in [2.45, 2.75) is 28.7 Å². The number of nitrogens with zero attached hydrogens (tertiary/aromatic N) is 1. The van der Waals surface area contributed by atoms with Crippen LogP contribution in [-0.2, 0) is 4.79 Å². The van der Waals surface area contributed by atoms with Gasteiger partial charge < -0.3 is 10.6 Å². The van der Waals surface area contributed by atoms with E-state index in [1.54, 1.807) is 11.8 Å². The van der Waals surface area contributed by atoms with E-state index in [1.807, 2.05) is 60.0 Å². The first-order valence-electron chi connectivity index (χ1n) is 10.4. The molecule has 160 valence electrons. The summed E-state index contributed by atoms with van der Waals surface area (Å²) in [7, 11) is 0. The summed E-state index contributed by atoms with van der Waals surface area (Å²) in [4.78, 5) is 29.9. The van der Waals surface area contributed by atoms with Crippen LogP contribution in [0.2, 0.25) is 0 Å². The van der Waals surface area contributed by atoms with E-state index < -0.39 is 0 Å². The third-order valence-electron chi connectivity index (χ3n) is 5.17. The number of likely N-dealkylation sites (tertiary alicyclic amines) is 1. The molecule has 0 bridgehead atoms. The second-order valence-corrected chi connectivity index (χ2v) is 9.52. The second kappa shape index (κ2) is 10.6. The quantitative estimate of drug-likeness (QED) is 0.545. The molecule has 1 aliphatic heterocycles. The van der Waals surface area contributed by atoms with Gasteiger partial charge in [-0.05, 0) is 48.6 Å². The van der Waals surface area contributed by atoms with Gasteiger partial charge in [-0.3, -0.25) is 14.5 Å². The maximum absolute atomic E-state index is 12.7. The Labute approximate surface area is 190 Å². The van der Waals surface area contributed by atoms with Crippen LogP contribution in [0.4, 0.5) is 5.69 Å². The molecule has 1 aliphatic rings. The molecule has 0 radical (unpaired) electrons. The molecule has 1 fully saturated rings. The van der Waals surface area contributed by atoms with E-state index in [0.29, 0.717) is 6.54 Å². The summed E-state index contributed by atoms with van der Waals surface area (Å²) in [5, 5.41) is 8.09. The molecule has 1 aromatic heterocycles. The van der Waals surface area contributed by atoms with Crippen LogP contribution in [0.25, 0.3) is 0 Å². The van der Waals surface area contributed by atoms with Crippen molar-refractivity contribution in [1.82, 2.24) is 10.2 Å². The molecule has 0 aliphatic carbocycles. The van der Waals surface area contributed by atoms with Gasteiger partial charge in [0.05, 0.1) is 17.1 Å². The summed E-state index contributed by atoms with van der Waals surface area (Å²) < 4.78 is 0. The molecule has 3 aromatic rings. The topological polar surface area (TPSA) is 61.4 Å². The highest BCUT2D eigenvalue weighted by molar-refractivity contribution is 7.99. The first kappa shape index (κ1) is 21.6. The van der Waals surface area contributed by atoms with Crippen molar-refractivity contribution in [3.63, 3.8) is 0 Å². The molecule has 1 saturated heterocycles. The molecule has 4 rings (SSSR count). The molecule has 5 nitrogen and oxygen atoms in total. The Bertz CT molecular complexity index is 1000. The zero-order valence-electron chi connectivity index (χ0n) is 17.1. The van der Waals surface area contributed by atoms with Crippen LogP contribution in [0, 0.1) is 0 Å². The molecule has 0 spiro atoms. The summed E-state index contributed by atoms with van der Waals surface area (Å²) in [6.45, 7) is 1.95. The van der Waals surface area contributed by atoms with Gasteiger partial charge in [-0.1, -0.05) is 48.2 Å². The van der Waals surface area contributed by atoms with Gasteiger partial charge in [-0.25, -0.2) is 0 Å². The second-order valence-electron chi connectivity index (χ2n) is 7.46. The zero-order chi connectivity index (χ0) is 21.5. The first-order chi connectivity index (χ1) is 15.2. The molecule has 7 heteroatoms. The Kier molecular flexibility index (Phi) is 7.40. The number of hydrogen-bond donors (Lipinski definition) is 2. The number of amides is 2. The maximum atomic E-state index is 12.7. The van der Waals surface area contributed by atoms with Crippen LogP contribution in [0.15, 0.2) is 81.9 Å². The largest absolute Gasteiger partial charge is 0.349 e. The molecule has 0 saturated carbocycles. The number of hydrogen-bond acceptors (Lipinski definition) is 5. The normalized spacial score (nSPS) is 14.8. The lowest BCUT2D eigenvalue weighted by molar-refractivity contribution is -0.117. The number of benzene rings is 2. The highest BCUT2D eigenvalue weighted by Gasteiger charge is 2.23. The molecule has 0 unspecified atom stereocenters. The summed E-state index contributed by atoms with van der Waals surface area (Å²) in [5.74, 6) is -0.0131. The smallest absolute Gasteiger partial charge is 0.261 e. The van der Waals surface area contributed by atoms with E-state index in [2.05, 4.69) is 27.7 Å². The van der Waals surface area contributed by atoms with Crippen molar-refractivity contribution < 1.29 is 9.59 Å². The molecule has 2 N–H and O–H groups in total. The van der Waals surface area contributed by atoms with Gasteiger partial charge >= 0.3 is 0 Å². The number of nitrogens with one attached hydrogen (secondary N) is 2. The SMILES string of the molecule is O=C(CN1CCC(NC(=O)c2cccs2)CC1)Nc1ccccc1Sc1ccccc1. The Morgan fingerprint density at radius 1 is 0.968 bits per heavy atom. The van der Waals surface area contributed by atoms with Crippen molar-refractivity contribution in [2.75, 3.05) is 25.0 Å². The van der Waals surface area contributed by atoms with Gasteiger partial charge in [-0.2, -0.15) is 0 Å². The summed E-state index contributed by atoms with van der Waals surface area (Å²) in [6, 6.07) is 21.9. The number of thiophene rings is 1. The number of carbonyl (C=O) groups is 2. The molecule has 31 heavy (non-hydrogen) atoms. The van der Waals surface area contributed by atoms with Gasteiger partial charge in [0.1, 0.15) is 0 Å². The van der Waals surface area contributed by atoms with Crippen molar-refractivity contribution in [3.8, 4) is 0 Å². The van der Waals surface area contributed by atoms with Gasteiger partial charge in [0.2, 0.25) is 5.91 Å². The first-order valence-corrected chi connectivity index (χ1v) is 12.1. The van der Waals surface area contributed by atoms with E-state index in [1.165, 1.54) is 11.3 Å². The van der Waals surface area contributed by atoms with Crippen LogP contribution >= 0.6 is 23.1 Å². The van der Waals surface area contributed by atoms with Crippen LogP contribution in [0.3, 0.4) is 0 Å². The van der Waals surface area contributed by atoms with E-state index in [9.17, 15) is 9.59 Å². The van der Waals surface area contributed by atoms with E-state index >= 15 is 0 Å². The zero-order valence-corrected chi connectivity index (χ0v) is 18.8. The predicted octanol–water partition coefficient (Wildman–Crippen LogP) is 4.73. The molecule has 2 heterocycles. The lowest BCUT2D eigenvalue weighted by Gasteiger charge is -2.31. The molecular formula is C24H25N3O2S2. The fourth-order valence-electron chi connectivity index (χ4n) is 3.57. The van der Waals surface area contributed by atoms with Crippen molar-refractivity contribution in [3.05, 3.63) is 77.0 Å². The van der Waals surface area contributed by atoms with Gasteiger partial charge in [0.25, 0.3) is 5.91 Å². The molecule has 2 amide bonds. The van der Waals surface area contributed by atoms with Crippen LogP contribution in [0.5, 0.6) is 0 Å². The lowest BCUT2D eigenvalue weighted by atomic mass is 10.0. The van der Waals surface area contributed by atoms with Gasteiger partial charge in [0, 0.05) is 28.9 Å². The number of anilines is 1. The minimum atomic E-state index is -0.0119. The fraction of sp³-hybridized carbons (Fsp3) is 0.250. The van der Waals surface area contributed by atoms with Crippen LogP contribution in [-0.4, -0.2) is 42.4 Å². The van der Waals surface area contributed by atoms with Crippen LogP contribution in [0.1, 0.15) is 22.5 Å². The summed E-state index contributed by atoms with van der Waals surface area (Å²) in [5.41, 5.74) is 0.833. The number of rotatable bonds is 7. The van der Waals surface area contributed by atoms with E-state index in [-0.39, 0.29) is 17.9 Å². The maximum Gasteiger partial charge on any atom is 0.261 e. The van der Waals surface area contributed by atoms with Gasteiger partial charge in [-0.15, -0.1) is 11.3 Å². The van der Waals surface area contributed by atoms with Crippen LogP contribution < -0.4 is 10.6 Å².